The molecule has 1 heterocycles. The van der Waals surface area contributed by atoms with Gasteiger partial charge in [0.2, 0.25) is 5.91 Å². The van der Waals surface area contributed by atoms with Crippen LogP contribution in [-0.2, 0) is 14.9 Å². The van der Waals surface area contributed by atoms with Crippen molar-refractivity contribution in [2.45, 2.75) is 37.1 Å². The Kier molecular flexibility index (Phi) is 6.88. The number of morpholine rings is 1. The Hall–Kier alpha value is -2.44. The molecule has 0 spiro atoms. The average Bonchev–Trinajstić information content (AvgIpc) is 3.31. The Labute approximate surface area is 183 Å². The van der Waals surface area contributed by atoms with Crippen molar-refractivity contribution in [1.82, 2.24) is 10.2 Å². The van der Waals surface area contributed by atoms with Crippen LogP contribution >= 0.6 is 0 Å². The molecule has 1 saturated heterocycles. The Bertz CT molecular complexity index is 892. The molecule has 1 unspecified atom stereocenters. The predicted octanol–water partition coefficient (Wildman–Crippen LogP) is 3.84. The molecule has 1 atom stereocenters. The number of amides is 1. The fraction of sp³-hybridized carbons (Fsp3) is 0.480. The molecule has 31 heavy (non-hydrogen) atoms. The van der Waals surface area contributed by atoms with Gasteiger partial charge in [-0.05, 0) is 48.2 Å². The van der Waals surface area contributed by atoms with Gasteiger partial charge in [0, 0.05) is 19.6 Å². The number of rotatable bonds is 7. The van der Waals surface area contributed by atoms with Crippen LogP contribution in [0.3, 0.4) is 0 Å². The van der Waals surface area contributed by atoms with Gasteiger partial charge in [0.15, 0.2) is 0 Å². The third kappa shape index (κ3) is 4.75. The van der Waals surface area contributed by atoms with Crippen molar-refractivity contribution in [3.05, 3.63) is 65.5 Å². The van der Waals surface area contributed by atoms with Crippen LogP contribution in [0.25, 0.3) is 0 Å². The molecule has 0 aromatic heterocycles. The fourth-order valence-electron chi connectivity index (χ4n) is 4.97. The first-order chi connectivity index (χ1) is 15.1. The lowest BCUT2D eigenvalue weighted by molar-refractivity contribution is -0.127. The number of nitrogens with one attached hydrogen (secondary N) is 1. The van der Waals surface area contributed by atoms with Gasteiger partial charge in [-0.2, -0.15) is 0 Å². The predicted molar refractivity (Wildman–Crippen MR) is 118 cm³/mol. The molecule has 1 N–H and O–H groups in total. The van der Waals surface area contributed by atoms with Gasteiger partial charge >= 0.3 is 0 Å². The highest BCUT2D eigenvalue weighted by atomic mass is 19.1. The largest absolute Gasteiger partial charge is 0.497 e. The lowest BCUT2D eigenvalue weighted by atomic mass is 9.77. The molecule has 0 bridgehead atoms. The maximum atomic E-state index is 14.0. The van der Waals surface area contributed by atoms with E-state index in [1.54, 1.807) is 19.2 Å². The first-order valence-electron chi connectivity index (χ1n) is 11.1. The Morgan fingerprint density at radius 3 is 2.61 bits per heavy atom. The monoisotopic (exact) mass is 426 g/mol. The van der Waals surface area contributed by atoms with E-state index in [4.69, 9.17) is 9.47 Å². The van der Waals surface area contributed by atoms with Crippen LogP contribution in [0.15, 0.2) is 48.5 Å². The maximum Gasteiger partial charge on any atom is 0.230 e. The SMILES string of the molecule is COc1cccc(C2(C(=O)NCC(c3cccc(F)c3)N3CCOCC3)CCCC2)c1. The van der Waals surface area contributed by atoms with E-state index in [0.717, 1.165) is 55.6 Å². The minimum Gasteiger partial charge on any atom is -0.497 e. The van der Waals surface area contributed by atoms with E-state index in [1.165, 1.54) is 6.07 Å². The zero-order chi connectivity index (χ0) is 21.7. The van der Waals surface area contributed by atoms with Crippen molar-refractivity contribution < 1.29 is 18.7 Å². The second kappa shape index (κ2) is 9.79. The summed E-state index contributed by atoms with van der Waals surface area (Å²) in [4.78, 5) is 15.9. The number of nitrogens with zero attached hydrogens (tertiary/aromatic N) is 1. The zero-order valence-electron chi connectivity index (χ0n) is 18.1. The second-order valence-corrected chi connectivity index (χ2v) is 8.45. The smallest absolute Gasteiger partial charge is 0.230 e. The minimum atomic E-state index is -0.536. The van der Waals surface area contributed by atoms with E-state index < -0.39 is 5.41 Å². The van der Waals surface area contributed by atoms with Gasteiger partial charge in [-0.3, -0.25) is 9.69 Å². The van der Waals surface area contributed by atoms with Gasteiger partial charge in [-0.15, -0.1) is 0 Å². The van der Waals surface area contributed by atoms with Crippen molar-refractivity contribution in [1.29, 1.82) is 0 Å². The average molecular weight is 427 g/mol. The van der Waals surface area contributed by atoms with Gasteiger partial charge in [0.05, 0.1) is 31.8 Å². The summed E-state index contributed by atoms with van der Waals surface area (Å²) in [6.45, 7) is 3.26. The van der Waals surface area contributed by atoms with E-state index in [1.807, 2.05) is 30.3 Å². The molecule has 6 heteroatoms. The van der Waals surface area contributed by atoms with Crippen LogP contribution in [0.2, 0.25) is 0 Å². The summed E-state index contributed by atoms with van der Waals surface area (Å²) in [5.74, 6) is 0.557. The van der Waals surface area contributed by atoms with E-state index in [0.29, 0.717) is 19.8 Å². The molecule has 1 saturated carbocycles. The molecule has 2 aromatic carbocycles. The lowest BCUT2D eigenvalue weighted by Gasteiger charge is -2.36. The summed E-state index contributed by atoms with van der Waals surface area (Å²) in [6.07, 6.45) is 3.71. The Morgan fingerprint density at radius 1 is 1.16 bits per heavy atom. The summed E-state index contributed by atoms with van der Waals surface area (Å²) in [6, 6.07) is 14.5. The van der Waals surface area contributed by atoms with Gasteiger partial charge in [-0.1, -0.05) is 37.1 Å². The summed E-state index contributed by atoms with van der Waals surface area (Å²) in [7, 11) is 1.65. The Balaban J connectivity index is 1.55. The van der Waals surface area contributed by atoms with Gasteiger partial charge < -0.3 is 14.8 Å². The summed E-state index contributed by atoms with van der Waals surface area (Å²) in [5, 5.41) is 3.23. The molecule has 5 nitrogen and oxygen atoms in total. The first-order valence-corrected chi connectivity index (χ1v) is 11.1. The minimum absolute atomic E-state index is 0.0490. The molecule has 0 radical (unpaired) electrons. The van der Waals surface area contributed by atoms with Crippen molar-refractivity contribution >= 4 is 5.91 Å². The van der Waals surface area contributed by atoms with E-state index in [9.17, 15) is 9.18 Å². The van der Waals surface area contributed by atoms with E-state index in [-0.39, 0.29) is 17.8 Å². The third-order valence-corrected chi connectivity index (χ3v) is 6.69. The number of carbonyl (C=O) groups excluding carboxylic acids is 1. The number of hydrogen-bond acceptors (Lipinski definition) is 4. The van der Waals surface area contributed by atoms with E-state index >= 15 is 0 Å². The van der Waals surface area contributed by atoms with Crippen LogP contribution in [0.4, 0.5) is 4.39 Å². The highest BCUT2D eigenvalue weighted by molar-refractivity contribution is 5.88. The molecule has 1 amide bonds. The van der Waals surface area contributed by atoms with Crippen LogP contribution < -0.4 is 10.1 Å². The van der Waals surface area contributed by atoms with Crippen LogP contribution in [-0.4, -0.2) is 50.8 Å². The number of carbonyl (C=O) groups is 1. The summed E-state index contributed by atoms with van der Waals surface area (Å²) < 4.78 is 24.8. The number of methoxy groups -OCH3 is 1. The highest BCUT2D eigenvalue weighted by Gasteiger charge is 2.43. The molecule has 1 aliphatic carbocycles. The molecule has 1 aliphatic heterocycles. The molecule has 4 rings (SSSR count). The number of ether oxygens (including phenoxy) is 2. The van der Waals surface area contributed by atoms with Crippen molar-refractivity contribution in [3.8, 4) is 5.75 Å². The zero-order valence-corrected chi connectivity index (χ0v) is 18.1. The lowest BCUT2D eigenvalue weighted by Crippen LogP contribution is -2.48. The molecular formula is C25H31FN2O3. The summed E-state index contributed by atoms with van der Waals surface area (Å²) >= 11 is 0. The number of hydrogen-bond donors (Lipinski definition) is 1. The fourth-order valence-corrected chi connectivity index (χ4v) is 4.97. The molecular weight excluding hydrogens is 395 g/mol. The topological polar surface area (TPSA) is 50.8 Å². The molecule has 2 aliphatic rings. The maximum absolute atomic E-state index is 14.0. The Morgan fingerprint density at radius 2 is 1.90 bits per heavy atom. The molecule has 166 valence electrons. The van der Waals surface area contributed by atoms with E-state index in [2.05, 4.69) is 10.2 Å². The van der Waals surface area contributed by atoms with Gasteiger partial charge in [0.1, 0.15) is 11.6 Å². The van der Waals surface area contributed by atoms with Crippen molar-refractivity contribution in [3.63, 3.8) is 0 Å². The van der Waals surface area contributed by atoms with Gasteiger partial charge in [-0.25, -0.2) is 4.39 Å². The normalized spacial score (nSPS) is 19.7. The van der Waals surface area contributed by atoms with Crippen LogP contribution in [0.1, 0.15) is 42.9 Å². The number of halogens is 1. The highest BCUT2D eigenvalue weighted by Crippen LogP contribution is 2.42. The molecule has 2 aromatic rings. The van der Waals surface area contributed by atoms with Crippen LogP contribution in [0, 0.1) is 5.82 Å². The van der Waals surface area contributed by atoms with Crippen molar-refractivity contribution in [2.75, 3.05) is 40.0 Å². The third-order valence-electron chi connectivity index (χ3n) is 6.69. The van der Waals surface area contributed by atoms with Crippen LogP contribution in [0.5, 0.6) is 5.75 Å². The van der Waals surface area contributed by atoms with Crippen molar-refractivity contribution in [2.24, 2.45) is 0 Å². The quantitative estimate of drug-likeness (QED) is 0.731. The second-order valence-electron chi connectivity index (χ2n) is 8.45. The standard InChI is InChI=1S/C25H31FN2O3/c1-30-22-9-5-7-20(17-22)25(10-2-3-11-25)24(29)27-18-23(28-12-14-31-15-13-28)19-6-4-8-21(26)16-19/h4-9,16-17,23H,2-3,10-15,18H2,1H3,(H,27,29). The first kappa shape index (κ1) is 21.8. The number of benzene rings is 2. The van der Waals surface area contributed by atoms with Gasteiger partial charge in [0.25, 0.3) is 0 Å². The molecule has 2 fully saturated rings. The summed E-state index contributed by atoms with van der Waals surface area (Å²) in [5.41, 5.74) is 1.35.